The van der Waals surface area contributed by atoms with Crippen LogP contribution in [0.5, 0.6) is 0 Å². The number of amides is 1. The van der Waals surface area contributed by atoms with E-state index in [1.165, 1.54) is 19.3 Å². The summed E-state index contributed by atoms with van der Waals surface area (Å²) in [6.07, 6.45) is 6.97. The topological polar surface area (TPSA) is 41.1 Å². The maximum Gasteiger partial charge on any atom is 0.232 e. The number of rotatable bonds is 2. The van der Waals surface area contributed by atoms with E-state index in [2.05, 4.69) is 10.6 Å². The summed E-state index contributed by atoms with van der Waals surface area (Å²) in [7, 11) is 0. The first-order chi connectivity index (χ1) is 11.9. The Hall–Kier alpha value is -0.840. The number of anilines is 1. The molecular formula is C19H22Cl2N2OS. The molecule has 0 unspecified atom stereocenters. The molecule has 5 rings (SSSR count). The van der Waals surface area contributed by atoms with Crippen LogP contribution in [0.4, 0.5) is 5.69 Å². The van der Waals surface area contributed by atoms with E-state index >= 15 is 0 Å². The predicted octanol–water partition coefficient (Wildman–Crippen LogP) is 5.33. The fourth-order valence-corrected chi connectivity index (χ4v) is 6.20. The summed E-state index contributed by atoms with van der Waals surface area (Å²) < 4.78 is 0. The molecule has 6 heteroatoms. The maximum atomic E-state index is 13.0. The van der Waals surface area contributed by atoms with Crippen molar-refractivity contribution in [2.75, 3.05) is 5.32 Å². The Morgan fingerprint density at radius 1 is 1.12 bits per heavy atom. The minimum absolute atomic E-state index is 0.0731. The summed E-state index contributed by atoms with van der Waals surface area (Å²) in [4.78, 5) is 13.0. The number of hydrogen-bond acceptors (Lipinski definition) is 2. The van der Waals surface area contributed by atoms with Crippen molar-refractivity contribution in [3.05, 3.63) is 27.7 Å². The van der Waals surface area contributed by atoms with E-state index in [-0.39, 0.29) is 16.4 Å². The molecule has 4 bridgehead atoms. The Labute approximate surface area is 163 Å². The SMILES string of the molecule is Cc1ccc(Cl)c(NC(=S)NC(=O)C23CC4CC(CC(C4)C2)C3)c1Cl. The number of aryl methyl sites for hydroxylation is 1. The molecule has 1 aromatic carbocycles. The Kier molecular flexibility index (Phi) is 4.50. The summed E-state index contributed by atoms with van der Waals surface area (Å²) in [5, 5.41) is 7.23. The molecule has 0 heterocycles. The van der Waals surface area contributed by atoms with Gasteiger partial charge in [0.25, 0.3) is 0 Å². The van der Waals surface area contributed by atoms with E-state index in [0.29, 0.717) is 15.7 Å². The van der Waals surface area contributed by atoms with Crippen molar-refractivity contribution in [3.63, 3.8) is 0 Å². The Morgan fingerprint density at radius 2 is 1.68 bits per heavy atom. The minimum atomic E-state index is -0.222. The van der Waals surface area contributed by atoms with Crippen molar-refractivity contribution in [1.29, 1.82) is 0 Å². The number of carbonyl (C=O) groups is 1. The van der Waals surface area contributed by atoms with E-state index < -0.39 is 0 Å². The van der Waals surface area contributed by atoms with Gasteiger partial charge in [0, 0.05) is 0 Å². The van der Waals surface area contributed by atoms with Crippen LogP contribution in [0.2, 0.25) is 10.0 Å². The summed E-state index contributed by atoms with van der Waals surface area (Å²) in [6.45, 7) is 1.90. The summed E-state index contributed by atoms with van der Waals surface area (Å²) in [6, 6.07) is 3.63. The second kappa shape index (κ2) is 6.40. The molecule has 0 saturated heterocycles. The van der Waals surface area contributed by atoms with Crippen molar-refractivity contribution in [3.8, 4) is 0 Å². The normalized spacial score (nSPS) is 32.5. The summed E-state index contributed by atoms with van der Waals surface area (Å²) >= 11 is 17.9. The minimum Gasteiger partial charge on any atom is -0.330 e. The van der Waals surface area contributed by atoms with E-state index in [1.807, 2.05) is 13.0 Å². The molecule has 4 aliphatic rings. The van der Waals surface area contributed by atoms with Crippen molar-refractivity contribution in [2.24, 2.45) is 23.2 Å². The fraction of sp³-hybridized carbons (Fsp3) is 0.579. The third kappa shape index (κ3) is 3.17. The van der Waals surface area contributed by atoms with Crippen molar-refractivity contribution >= 4 is 52.1 Å². The third-order valence-electron chi connectivity index (χ3n) is 6.27. The van der Waals surface area contributed by atoms with Crippen LogP contribution in [0.25, 0.3) is 0 Å². The molecule has 0 spiro atoms. The lowest BCUT2D eigenvalue weighted by Gasteiger charge is -2.55. The van der Waals surface area contributed by atoms with Gasteiger partial charge in [-0.3, -0.25) is 4.79 Å². The molecule has 4 aliphatic carbocycles. The lowest BCUT2D eigenvalue weighted by atomic mass is 9.49. The first-order valence-corrected chi connectivity index (χ1v) is 10.1. The lowest BCUT2D eigenvalue weighted by Crippen LogP contribution is -2.55. The second-order valence-corrected chi connectivity index (χ2v) is 9.35. The molecule has 4 saturated carbocycles. The van der Waals surface area contributed by atoms with Crippen LogP contribution < -0.4 is 10.6 Å². The van der Waals surface area contributed by atoms with Gasteiger partial charge < -0.3 is 10.6 Å². The standard InChI is InChI=1S/C19H22Cl2N2OS/c1-10-2-3-14(20)16(15(10)21)22-18(25)23-17(24)19-7-11-4-12(8-19)6-13(5-11)9-19/h2-3,11-13H,4-9H2,1H3,(H2,22,23,24,25). The molecule has 0 atom stereocenters. The molecule has 0 radical (unpaired) electrons. The highest BCUT2D eigenvalue weighted by atomic mass is 35.5. The molecule has 0 aromatic heterocycles. The van der Waals surface area contributed by atoms with Crippen molar-refractivity contribution < 1.29 is 4.79 Å². The highest BCUT2D eigenvalue weighted by Gasteiger charge is 2.54. The van der Waals surface area contributed by atoms with Gasteiger partial charge in [0.05, 0.1) is 21.1 Å². The number of carbonyl (C=O) groups excluding carboxylic acids is 1. The van der Waals surface area contributed by atoms with E-state index in [4.69, 9.17) is 35.4 Å². The van der Waals surface area contributed by atoms with Gasteiger partial charge in [0.15, 0.2) is 5.11 Å². The smallest absolute Gasteiger partial charge is 0.232 e. The highest BCUT2D eigenvalue weighted by Crippen LogP contribution is 2.60. The number of hydrogen-bond donors (Lipinski definition) is 2. The molecule has 1 amide bonds. The van der Waals surface area contributed by atoms with Crippen molar-refractivity contribution in [1.82, 2.24) is 5.32 Å². The van der Waals surface area contributed by atoms with Crippen LogP contribution in [0.3, 0.4) is 0 Å². The van der Waals surface area contributed by atoms with Crippen LogP contribution in [0, 0.1) is 30.1 Å². The first-order valence-electron chi connectivity index (χ1n) is 8.93. The highest BCUT2D eigenvalue weighted by molar-refractivity contribution is 7.80. The molecule has 25 heavy (non-hydrogen) atoms. The van der Waals surface area contributed by atoms with Gasteiger partial charge >= 0.3 is 0 Å². The summed E-state index contributed by atoms with van der Waals surface area (Å²) in [5.41, 5.74) is 1.24. The largest absolute Gasteiger partial charge is 0.330 e. The Morgan fingerprint density at radius 3 is 2.24 bits per heavy atom. The molecule has 134 valence electrons. The van der Waals surface area contributed by atoms with Gasteiger partial charge in [-0.1, -0.05) is 29.3 Å². The van der Waals surface area contributed by atoms with Crippen LogP contribution in [0.15, 0.2) is 12.1 Å². The average molecular weight is 397 g/mol. The monoisotopic (exact) mass is 396 g/mol. The fourth-order valence-electron chi connectivity index (χ4n) is 5.54. The zero-order valence-electron chi connectivity index (χ0n) is 14.2. The van der Waals surface area contributed by atoms with Gasteiger partial charge in [0.2, 0.25) is 5.91 Å². The van der Waals surface area contributed by atoms with Gasteiger partial charge in [0.1, 0.15) is 0 Å². The van der Waals surface area contributed by atoms with Gasteiger partial charge in [-0.05, 0) is 87.1 Å². The number of nitrogens with one attached hydrogen (secondary N) is 2. The first kappa shape index (κ1) is 17.6. The zero-order valence-corrected chi connectivity index (χ0v) is 16.5. The number of thiocarbonyl (C=S) groups is 1. The van der Waals surface area contributed by atoms with Crippen LogP contribution >= 0.6 is 35.4 Å². The van der Waals surface area contributed by atoms with Crippen molar-refractivity contribution in [2.45, 2.75) is 45.4 Å². The quantitative estimate of drug-likeness (QED) is 0.663. The molecule has 2 N–H and O–H groups in total. The number of halogens is 2. The molecule has 0 aliphatic heterocycles. The second-order valence-electron chi connectivity index (χ2n) is 8.16. The van der Waals surface area contributed by atoms with E-state index in [0.717, 1.165) is 42.6 Å². The van der Waals surface area contributed by atoms with E-state index in [9.17, 15) is 4.79 Å². The molecular weight excluding hydrogens is 375 g/mol. The van der Waals surface area contributed by atoms with E-state index in [1.54, 1.807) is 6.07 Å². The van der Waals surface area contributed by atoms with Crippen LogP contribution in [-0.4, -0.2) is 11.0 Å². The van der Waals surface area contributed by atoms with Crippen LogP contribution in [0.1, 0.15) is 44.1 Å². The molecule has 1 aromatic rings. The Bertz CT molecular complexity index is 714. The maximum absolute atomic E-state index is 13.0. The lowest BCUT2D eigenvalue weighted by molar-refractivity contribution is -0.144. The van der Waals surface area contributed by atoms with Gasteiger partial charge in [-0.25, -0.2) is 0 Å². The number of benzene rings is 1. The molecule has 3 nitrogen and oxygen atoms in total. The van der Waals surface area contributed by atoms with Gasteiger partial charge in [-0.15, -0.1) is 0 Å². The predicted molar refractivity (Wildman–Crippen MR) is 106 cm³/mol. The average Bonchev–Trinajstić information content (AvgIpc) is 2.54. The zero-order chi connectivity index (χ0) is 17.8. The van der Waals surface area contributed by atoms with Crippen LogP contribution in [-0.2, 0) is 4.79 Å². The summed E-state index contributed by atoms with van der Waals surface area (Å²) in [5.74, 6) is 2.24. The molecule has 4 fully saturated rings. The Balaban J connectivity index is 1.47. The third-order valence-corrected chi connectivity index (χ3v) is 7.28. The van der Waals surface area contributed by atoms with Gasteiger partial charge in [-0.2, -0.15) is 0 Å².